The fourth-order valence-electron chi connectivity index (χ4n) is 1.33. The second-order valence-electron chi connectivity index (χ2n) is 4.19. The molecule has 6 heteroatoms. The standard InChI is InChI=1S/C12H18BrNO3S/c1-9(2)18(15,16)7-6-14-12-8-10(17-3)4-5-11(12)13/h4-5,8-9,14H,6-7H2,1-3H3. The van der Waals surface area contributed by atoms with E-state index in [4.69, 9.17) is 4.74 Å². The van der Waals surface area contributed by atoms with Crippen LogP contribution in [0, 0.1) is 0 Å². The fraction of sp³-hybridized carbons (Fsp3) is 0.500. The van der Waals surface area contributed by atoms with E-state index in [-0.39, 0.29) is 11.0 Å². The molecule has 0 amide bonds. The molecular formula is C12H18BrNO3S. The van der Waals surface area contributed by atoms with E-state index in [1.54, 1.807) is 21.0 Å². The Hall–Kier alpha value is -0.750. The van der Waals surface area contributed by atoms with Gasteiger partial charge in [-0.2, -0.15) is 0 Å². The molecule has 0 radical (unpaired) electrons. The highest BCUT2D eigenvalue weighted by Gasteiger charge is 2.15. The molecule has 1 aromatic rings. The molecule has 102 valence electrons. The first kappa shape index (κ1) is 15.3. The summed E-state index contributed by atoms with van der Waals surface area (Å²) in [4.78, 5) is 0. The predicted molar refractivity (Wildman–Crippen MR) is 78.1 cm³/mol. The number of nitrogens with one attached hydrogen (secondary N) is 1. The summed E-state index contributed by atoms with van der Waals surface area (Å²) < 4.78 is 29.3. The SMILES string of the molecule is COc1ccc(Br)c(NCCS(=O)(=O)C(C)C)c1. The third-order valence-corrected chi connectivity index (χ3v) is 5.49. The number of ether oxygens (including phenoxy) is 1. The minimum Gasteiger partial charge on any atom is -0.497 e. The number of hydrogen-bond donors (Lipinski definition) is 1. The van der Waals surface area contributed by atoms with Crippen molar-refractivity contribution in [2.45, 2.75) is 19.1 Å². The molecule has 1 aromatic carbocycles. The van der Waals surface area contributed by atoms with Gasteiger partial charge >= 0.3 is 0 Å². The molecule has 0 aliphatic rings. The van der Waals surface area contributed by atoms with Crippen LogP contribution in [0.1, 0.15) is 13.8 Å². The van der Waals surface area contributed by atoms with Crippen molar-refractivity contribution >= 4 is 31.5 Å². The van der Waals surface area contributed by atoms with Gasteiger partial charge in [0.15, 0.2) is 9.84 Å². The quantitative estimate of drug-likeness (QED) is 0.868. The second-order valence-corrected chi connectivity index (χ2v) is 7.72. The molecule has 0 heterocycles. The second kappa shape index (κ2) is 6.43. The van der Waals surface area contributed by atoms with Crippen molar-refractivity contribution in [1.29, 1.82) is 0 Å². The van der Waals surface area contributed by atoms with Gasteiger partial charge in [-0.1, -0.05) is 0 Å². The minimum atomic E-state index is -3.01. The zero-order chi connectivity index (χ0) is 13.8. The van der Waals surface area contributed by atoms with Crippen LogP contribution >= 0.6 is 15.9 Å². The van der Waals surface area contributed by atoms with Gasteiger partial charge in [0.25, 0.3) is 0 Å². The average Bonchev–Trinajstić information content (AvgIpc) is 2.31. The van der Waals surface area contributed by atoms with Crippen LogP contribution < -0.4 is 10.1 Å². The maximum atomic E-state index is 11.7. The number of halogens is 1. The maximum absolute atomic E-state index is 11.7. The van der Waals surface area contributed by atoms with Crippen molar-refractivity contribution in [3.05, 3.63) is 22.7 Å². The van der Waals surface area contributed by atoms with Crippen molar-refractivity contribution in [2.24, 2.45) is 0 Å². The zero-order valence-corrected chi connectivity index (χ0v) is 13.1. The lowest BCUT2D eigenvalue weighted by Gasteiger charge is -2.12. The van der Waals surface area contributed by atoms with Crippen LogP contribution in [0.4, 0.5) is 5.69 Å². The van der Waals surface area contributed by atoms with Crippen molar-refractivity contribution in [1.82, 2.24) is 0 Å². The first-order valence-electron chi connectivity index (χ1n) is 5.66. The molecule has 0 aliphatic heterocycles. The van der Waals surface area contributed by atoms with Gasteiger partial charge in [-0.25, -0.2) is 8.42 Å². The number of sulfone groups is 1. The Morgan fingerprint density at radius 1 is 1.39 bits per heavy atom. The number of hydrogen-bond acceptors (Lipinski definition) is 4. The Labute approximate surface area is 117 Å². The summed E-state index contributed by atoms with van der Waals surface area (Å²) in [7, 11) is -1.41. The summed E-state index contributed by atoms with van der Waals surface area (Å²) in [5.41, 5.74) is 0.827. The summed E-state index contributed by atoms with van der Waals surface area (Å²) in [6, 6.07) is 5.52. The van der Waals surface area contributed by atoms with Gasteiger partial charge in [-0.05, 0) is 41.9 Å². The summed E-state index contributed by atoms with van der Waals surface area (Å²) >= 11 is 3.40. The first-order valence-corrected chi connectivity index (χ1v) is 8.16. The minimum absolute atomic E-state index is 0.119. The highest BCUT2D eigenvalue weighted by molar-refractivity contribution is 9.10. The topological polar surface area (TPSA) is 55.4 Å². The molecule has 0 aliphatic carbocycles. The molecule has 0 aromatic heterocycles. The lowest BCUT2D eigenvalue weighted by atomic mass is 10.3. The fourth-order valence-corrected chi connectivity index (χ4v) is 2.58. The van der Waals surface area contributed by atoms with E-state index >= 15 is 0 Å². The molecule has 0 atom stereocenters. The van der Waals surface area contributed by atoms with E-state index in [0.717, 1.165) is 15.9 Å². The van der Waals surface area contributed by atoms with Crippen LogP contribution in [0.5, 0.6) is 5.75 Å². The highest BCUT2D eigenvalue weighted by atomic mass is 79.9. The van der Waals surface area contributed by atoms with E-state index < -0.39 is 9.84 Å². The number of anilines is 1. The van der Waals surface area contributed by atoms with Gasteiger partial charge in [0.05, 0.1) is 23.8 Å². The Kier molecular flexibility index (Phi) is 5.47. The monoisotopic (exact) mass is 335 g/mol. The average molecular weight is 336 g/mol. The molecule has 0 saturated heterocycles. The number of benzene rings is 1. The van der Waals surface area contributed by atoms with Crippen molar-refractivity contribution in [3.8, 4) is 5.75 Å². The Bertz CT molecular complexity index is 500. The van der Waals surface area contributed by atoms with E-state index in [9.17, 15) is 8.42 Å². The first-order chi connectivity index (χ1) is 8.36. The smallest absolute Gasteiger partial charge is 0.154 e. The van der Waals surface area contributed by atoms with E-state index in [1.807, 2.05) is 18.2 Å². The summed E-state index contributed by atoms with van der Waals surface area (Å²) in [5, 5.41) is 2.75. The predicted octanol–water partition coefficient (Wildman–Crippen LogP) is 2.69. The van der Waals surface area contributed by atoms with Crippen LogP contribution in [-0.4, -0.2) is 33.1 Å². The summed E-state index contributed by atoms with van der Waals surface area (Å²) in [5.74, 6) is 0.848. The zero-order valence-electron chi connectivity index (χ0n) is 10.7. The summed E-state index contributed by atoms with van der Waals surface area (Å²) in [6.45, 7) is 3.76. The van der Waals surface area contributed by atoms with Gasteiger partial charge in [-0.15, -0.1) is 0 Å². The molecule has 4 nitrogen and oxygen atoms in total. The molecular weight excluding hydrogens is 318 g/mol. The van der Waals surface area contributed by atoms with Gasteiger partial charge in [0.1, 0.15) is 5.75 Å². The number of rotatable bonds is 6. The molecule has 0 fully saturated rings. The van der Waals surface area contributed by atoms with E-state index in [0.29, 0.717) is 6.54 Å². The van der Waals surface area contributed by atoms with Gasteiger partial charge in [0, 0.05) is 17.1 Å². The molecule has 1 rings (SSSR count). The van der Waals surface area contributed by atoms with Crippen molar-refractivity contribution in [3.63, 3.8) is 0 Å². The van der Waals surface area contributed by atoms with Crippen molar-refractivity contribution in [2.75, 3.05) is 24.7 Å². The third-order valence-electron chi connectivity index (χ3n) is 2.59. The van der Waals surface area contributed by atoms with Crippen LogP contribution in [-0.2, 0) is 9.84 Å². The number of methoxy groups -OCH3 is 1. The Balaban J connectivity index is 2.64. The lowest BCUT2D eigenvalue weighted by Crippen LogP contribution is -2.23. The molecule has 18 heavy (non-hydrogen) atoms. The van der Waals surface area contributed by atoms with Gasteiger partial charge < -0.3 is 10.1 Å². The highest BCUT2D eigenvalue weighted by Crippen LogP contribution is 2.26. The van der Waals surface area contributed by atoms with E-state index in [2.05, 4.69) is 21.2 Å². The Morgan fingerprint density at radius 2 is 2.06 bits per heavy atom. The molecule has 0 bridgehead atoms. The third kappa shape index (κ3) is 4.17. The normalized spacial score (nSPS) is 11.6. The lowest BCUT2D eigenvalue weighted by molar-refractivity contribution is 0.415. The van der Waals surface area contributed by atoms with E-state index in [1.165, 1.54) is 0 Å². The van der Waals surface area contributed by atoms with Crippen LogP contribution in [0.3, 0.4) is 0 Å². The van der Waals surface area contributed by atoms with Crippen LogP contribution in [0.2, 0.25) is 0 Å². The largest absolute Gasteiger partial charge is 0.497 e. The van der Waals surface area contributed by atoms with Gasteiger partial charge in [0.2, 0.25) is 0 Å². The van der Waals surface area contributed by atoms with Crippen molar-refractivity contribution < 1.29 is 13.2 Å². The molecule has 1 N–H and O–H groups in total. The van der Waals surface area contributed by atoms with Crippen LogP contribution in [0.25, 0.3) is 0 Å². The maximum Gasteiger partial charge on any atom is 0.154 e. The summed E-state index contributed by atoms with van der Waals surface area (Å²) in [6.07, 6.45) is 0. The molecule has 0 spiro atoms. The van der Waals surface area contributed by atoms with Gasteiger partial charge in [-0.3, -0.25) is 0 Å². The van der Waals surface area contributed by atoms with Crippen LogP contribution in [0.15, 0.2) is 22.7 Å². The molecule has 0 unspecified atom stereocenters. The Morgan fingerprint density at radius 3 is 2.61 bits per heavy atom. The molecule has 0 saturated carbocycles.